The molecule has 4 nitrogen and oxygen atoms in total. The Morgan fingerprint density at radius 2 is 1.75 bits per heavy atom. The SMILES string of the molecule is Cc1cc(OCc2c(C)cccc2F)n2nc(C)c(-c3cccc(N4CCCC4)c3)c2c1. The molecule has 0 radical (unpaired) electrons. The fraction of sp³-hybridized carbons (Fsp3) is 0.296. The lowest BCUT2D eigenvalue weighted by atomic mass is 10.0. The van der Waals surface area contributed by atoms with Gasteiger partial charge in [0.15, 0.2) is 0 Å². The highest BCUT2D eigenvalue weighted by Gasteiger charge is 2.18. The molecular formula is C27H28FN3O. The Bertz CT molecular complexity index is 1270. The second-order valence-electron chi connectivity index (χ2n) is 8.70. The van der Waals surface area contributed by atoms with Gasteiger partial charge in [0.05, 0.1) is 11.2 Å². The second kappa shape index (κ2) is 8.30. The molecule has 2 aromatic carbocycles. The molecule has 3 heterocycles. The van der Waals surface area contributed by atoms with Crippen molar-refractivity contribution in [3.63, 3.8) is 0 Å². The van der Waals surface area contributed by atoms with Gasteiger partial charge in [-0.1, -0.05) is 24.3 Å². The number of fused-ring (bicyclic) bond motifs is 1. The molecule has 5 heteroatoms. The Morgan fingerprint density at radius 1 is 0.969 bits per heavy atom. The van der Waals surface area contributed by atoms with Gasteiger partial charge in [-0.25, -0.2) is 8.91 Å². The van der Waals surface area contributed by atoms with Crippen molar-refractivity contribution < 1.29 is 9.13 Å². The average Bonchev–Trinajstić information content (AvgIpc) is 3.41. The van der Waals surface area contributed by atoms with Crippen molar-refractivity contribution >= 4 is 11.2 Å². The van der Waals surface area contributed by atoms with Gasteiger partial charge in [-0.2, -0.15) is 5.10 Å². The number of pyridine rings is 1. The van der Waals surface area contributed by atoms with Crippen LogP contribution in [-0.4, -0.2) is 22.7 Å². The normalized spacial score (nSPS) is 13.8. The fourth-order valence-electron chi connectivity index (χ4n) is 4.65. The van der Waals surface area contributed by atoms with Gasteiger partial charge in [0.2, 0.25) is 5.88 Å². The first kappa shape index (κ1) is 20.6. The zero-order valence-corrected chi connectivity index (χ0v) is 18.9. The Hall–Kier alpha value is -3.34. The number of aromatic nitrogens is 2. The lowest BCUT2D eigenvalue weighted by molar-refractivity contribution is 0.279. The average molecular weight is 430 g/mol. The largest absolute Gasteiger partial charge is 0.473 e. The van der Waals surface area contributed by atoms with Crippen LogP contribution in [0.5, 0.6) is 5.88 Å². The van der Waals surface area contributed by atoms with Crippen molar-refractivity contribution in [2.24, 2.45) is 0 Å². The van der Waals surface area contributed by atoms with Crippen LogP contribution in [0.1, 0.15) is 35.2 Å². The summed E-state index contributed by atoms with van der Waals surface area (Å²) >= 11 is 0. The molecule has 0 spiro atoms. The minimum absolute atomic E-state index is 0.162. The van der Waals surface area contributed by atoms with Gasteiger partial charge in [0.1, 0.15) is 12.4 Å². The summed E-state index contributed by atoms with van der Waals surface area (Å²) in [5.74, 6) is 0.373. The first-order valence-corrected chi connectivity index (χ1v) is 11.2. The molecule has 164 valence electrons. The first-order chi connectivity index (χ1) is 15.5. The van der Waals surface area contributed by atoms with E-state index in [1.807, 2.05) is 37.4 Å². The highest BCUT2D eigenvalue weighted by Crippen LogP contribution is 2.34. The molecule has 0 bridgehead atoms. The number of hydrogen-bond donors (Lipinski definition) is 0. The van der Waals surface area contributed by atoms with Gasteiger partial charge < -0.3 is 9.64 Å². The molecule has 0 N–H and O–H groups in total. The van der Waals surface area contributed by atoms with Crippen molar-refractivity contribution in [1.29, 1.82) is 0 Å². The Kier molecular flexibility index (Phi) is 5.33. The summed E-state index contributed by atoms with van der Waals surface area (Å²) in [5, 5.41) is 4.80. The van der Waals surface area contributed by atoms with E-state index in [1.165, 1.54) is 24.6 Å². The summed E-state index contributed by atoms with van der Waals surface area (Å²) in [5.41, 5.74) is 8.01. The fourth-order valence-corrected chi connectivity index (χ4v) is 4.65. The van der Waals surface area contributed by atoms with Gasteiger partial charge in [0, 0.05) is 36.0 Å². The van der Waals surface area contributed by atoms with Crippen molar-refractivity contribution in [2.75, 3.05) is 18.0 Å². The van der Waals surface area contributed by atoms with Crippen molar-refractivity contribution in [1.82, 2.24) is 9.61 Å². The van der Waals surface area contributed by atoms with Gasteiger partial charge in [-0.15, -0.1) is 0 Å². The summed E-state index contributed by atoms with van der Waals surface area (Å²) in [6.07, 6.45) is 2.50. The highest BCUT2D eigenvalue weighted by atomic mass is 19.1. The molecule has 0 amide bonds. The van der Waals surface area contributed by atoms with E-state index in [0.29, 0.717) is 11.4 Å². The van der Waals surface area contributed by atoms with Crippen LogP contribution >= 0.6 is 0 Å². The first-order valence-electron chi connectivity index (χ1n) is 11.2. The number of ether oxygens (including phenoxy) is 1. The number of halogens is 1. The van der Waals surface area contributed by atoms with Gasteiger partial charge in [-0.05, 0) is 74.6 Å². The number of nitrogens with zero attached hydrogens (tertiary/aromatic N) is 3. The van der Waals surface area contributed by atoms with Gasteiger partial charge >= 0.3 is 0 Å². The van der Waals surface area contributed by atoms with Crippen LogP contribution in [-0.2, 0) is 6.61 Å². The molecule has 2 aromatic heterocycles. The van der Waals surface area contributed by atoms with Crippen molar-refractivity contribution in [2.45, 2.75) is 40.2 Å². The van der Waals surface area contributed by atoms with Crippen LogP contribution in [0.25, 0.3) is 16.6 Å². The highest BCUT2D eigenvalue weighted by molar-refractivity contribution is 5.84. The summed E-state index contributed by atoms with van der Waals surface area (Å²) in [6.45, 7) is 8.37. The number of aryl methyl sites for hydroxylation is 3. The predicted molar refractivity (Wildman–Crippen MR) is 127 cm³/mol. The quantitative estimate of drug-likeness (QED) is 0.376. The Labute approximate surface area is 188 Å². The molecule has 5 rings (SSSR count). The summed E-state index contributed by atoms with van der Waals surface area (Å²) in [7, 11) is 0. The molecule has 1 aliphatic rings. The maximum Gasteiger partial charge on any atom is 0.215 e. The number of benzene rings is 2. The maximum absolute atomic E-state index is 14.3. The van der Waals surface area contributed by atoms with E-state index in [4.69, 9.17) is 9.84 Å². The van der Waals surface area contributed by atoms with E-state index >= 15 is 0 Å². The van der Waals surface area contributed by atoms with E-state index in [-0.39, 0.29) is 12.4 Å². The van der Waals surface area contributed by atoms with Crippen LogP contribution in [0.4, 0.5) is 10.1 Å². The Morgan fingerprint density at radius 3 is 2.53 bits per heavy atom. The van der Waals surface area contributed by atoms with Crippen LogP contribution < -0.4 is 9.64 Å². The molecule has 1 fully saturated rings. The number of hydrogen-bond acceptors (Lipinski definition) is 3. The van der Waals surface area contributed by atoms with E-state index in [9.17, 15) is 4.39 Å². The zero-order chi connectivity index (χ0) is 22.2. The monoisotopic (exact) mass is 429 g/mol. The van der Waals surface area contributed by atoms with Crippen LogP contribution in [0, 0.1) is 26.6 Å². The van der Waals surface area contributed by atoms with E-state index in [1.54, 1.807) is 6.07 Å². The predicted octanol–water partition coefficient (Wildman–Crippen LogP) is 6.24. The van der Waals surface area contributed by atoms with Crippen LogP contribution in [0.15, 0.2) is 54.6 Å². The minimum atomic E-state index is -0.245. The molecule has 0 aliphatic carbocycles. The standard InChI is InChI=1S/C27H28FN3O/c1-18-14-25-27(21-9-7-10-22(16-21)30-12-4-5-13-30)20(3)29-31(25)26(15-18)32-17-23-19(2)8-6-11-24(23)28/h6-11,14-16H,4-5,12-13,17H2,1-3H3. The lowest BCUT2D eigenvalue weighted by Crippen LogP contribution is -2.17. The third-order valence-corrected chi connectivity index (χ3v) is 6.34. The molecule has 0 unspecified atom stereocenters. The molecule has 0 saturated carbocycles. The Balaban J connectivity index is 1.54. The molecular weight excluding hydrogens is 401 g/mol. The van der Waals surface area contributed by atoms with E-state index in [2.05, 4.69) is 35.2 Å². The van der Waals surface area contributed by atoms with Crippen molar-refractivity contribution in [3.8, 4) is 17.0 Å². The van der Waals surface area contributed by atoms with Crippen LogP contribution in [0.3, 0.4) is 0 Å². The number of anilines is 1. The van der Waals surface area contributed by atoms with Crippen LogP contribution in [0.2, 0.25) is 0 Å². The maximum atomic E-state index is 14.3. The third-order valence-electron chi connectivity index (χ3n) is 6.34. The lowest BCUT2D eigenvalue weighted by Gasteiger charge is -2.18. The van der Waals surface area contributed by atoms with Gasteiger partial charge in [-0.3, -0.25) is 0 Å². The minimum Gasteiger partial charge on any atom is -0.473 e. The topological polar surface area (TPSA) is 29.8 Å². The number of rotatable bonds is 5. The van der Waals surface area contributed by atoms with Crippen molar-refractivity contribution in [3.05, 3.63) is 82.8 Å². The van der Waals surface area contributed by atoms with E-state index < -0.39 is 0 Å². The smallest absolute Gasteiger partial charge is 0.215 e. The summed E-state index contributed by atoms with van der Waals surface area (Å²) < 4.78 is 22.2. The van der Waals surface area contributed by atoms with Gasteiger partial charge in [0.25, 0.3) is 0 Å². The van der Waals surface area contributed by atoms with E-state index in [0.717, 1.165) is 46.6 Å². The molecule has 1 saturated heterocycles. The summed E-state index contributed by atoms with van der Waals surface area (Å²) in [4.78, 5) is 2.45. The third kappa shape index (κ3) is 3.72. The molecule has 4 aromatic rings. The second-order valence-corrected chi connectivity index (χ2v) is 8.70. The molecule has 32 heavy (non-hydrogen) atoms. The zero-order valence-electron chi connectivity index (χ0n) is 18.9. The summed E-state index contributed by atoms with van der Waals surface area (Å²) in [6, 6.07) is 17.9. The molecule has 1 aliphatic heterocycles. The molecule has 0 atom stereocenters.